The lowest BCUT2D eigenvalue weighted by Gasteiger charge is -2.20. The smallest absolute Gasteiger partial charge is 0.0928 e. The molecule has 0 radical (unpaired) electrons. The first-order valence-corrected chi connectivity index (χ1v) is 6.28. The molecule has 2 rings (SSSR count). The van der Waals surface area contributed by atoms with Crippen molar-refractivity contribution in [2.24, 2.45) is 5.92 Å². The number of thiazole rings is 1. The Balaban J connectivity index is 1.78. The topological polar surface area (TPSA) is 24.9 Å². The number of nitrogens with one attached hydrogen (secondary N) is 1. The van der Waals surface area contributed by atoms with Crippen LogP contribution in [0.5, 0.6) is 0 Å². The van der Waals surface area contributed by atoms with Crippen molar-refractivity contribution in [3.8, 4) is 0 Å². The molecule has 78 valence electrons. The molecule has 1 fully saturated rings. The second kappa shape index (κ2) is 4.41. The fourth-order valence-corrected chi connectivity index (χ4v) is 2.35. The number of hydrogen-bond acceptors (Lipinski definition) is 3. The van der Waals surface area contributed by atoms with Crippen LogP contribution in [0.2, 0.25) is 0 Å². The molecule has 14 heavy (non-hydrogen) atoms. The largest absolute Gasteiger partial charge is 0.311 e. The normalized spacial score (nSPS) is 20.7. The van der Waals surface area contributed by atoms with E-state index >= 15 is 0 Å². The third kappa shape index (κ3) is 2.79. The van der Waals surface area contributed by atoms with Gasteiger partial charge in [-0.3, -0.25) is 0 Å². The van der Waals surface area contributed by atoms with E-state index in [1.54, 1.807) is 11.3 Å². The van der Waals surface area contributed by atoms with Crippen LogP contribution in [0.25, 0.3) is 0 Å². The summed E-state index contributed by atoms with van der Waals surface area (Å²) in [5, 5.41) is 6.97. The van der Waals surface area contributed by atoms with Gasteiger partial charge in [0.25, 0.3) is 0 Å². The van der Waals surface area contributed by atoms with Crippen molar-refractivity contribution in [1.29, 1.82) is 0 Å². The summed E-state index contributed by atoms with van der Waals surface area (Å²) in [6.07, 6.45) is 5.74. The van der Waals surface area contributed by atoms with E-state index < -0.39 is 0 Å². The Labute approximate surface area is 89.8 Å². The maximum absolute atomic E-state index is 4.32. The lowest BCUT2D eigenvalue weighted by atomic mass is 10.0. The molecule has 1 aliphatic carbocycles. The first-order valence-electron chi connectivity index (χ1n) is 5.40. The molecule has 0 bridgehead atoms. The summed E-state index contributed by atoms with van der Waals surface area (Å²) in [5.41, 5.74) is 0. The van der Waals surface area contributed by atoms with Gasteiger partial charge in [0.1, 0.15) is 0 Å². The number of aromatic nitrogens is 1. The molecule has 2 nitrogen and oxygen atoms in total. The Hall–Kier alpha value is -0.410. The number of hydrogen-bond donors (Lipinski definition) is 1. The second-order valence-corrected chi connectivity index (χ2v) is 5.32. The van der Waals surface area contributed by atoms with Crippen molar-refractivity contribution < 1.29 is 0 Å². The van der Waals surface area contributed by atoms with Gasteiger partial charge in [-0.25, -0.2) is 4.98 Å². The maximum Gasteiger partial charge on any atom is 0.0928 e. The monoisotopic (exact) mass is 210 g/mol. The van der Waals surface area contributed by atoms with E-state index in [0.717, 1.165) is 12.5 Å². The van der Waals surface area contributed by atoms with Crippen LogP contribution in [-0.4, -0.2) is 17.1 Å². The van der Waals surface area contributed by atoms with Crippen molar-refractivity contribution in [1.82, 2.24) is 10.3 Å². The van der Waals surface area contributed by atoms with E-state index in [9.17, 15) is 0 Å². The summed E-state index contributed by atoms with van der Waals surface area (Å²) in [7, 11) is 0. The van der Waals surface area contributed by atoms with E-state index in [2.05, 4.69) is 29.5 Å². The van der Waals surface area contributed by atoms with Gasteiger partial charge >= 0.3 is 0 Å². The highest BCUT2D eigenvalue weighted by Gasteiger charge is 2.25. The van der Waals surface area contributed by atoms with Crippen molar-refractivity contribution in [2.75, 3.05) is 0 Å². The highest BCUT2D eigenvalue weighted by atomic mass is 32.1. The molecule has 0 amide bonds. The van der Waals surface area contributed by atoms with Gasteiger partial charge in [-0.15, -0.1) is 11.3 Å². The summed E-state index contributed by atoms with van der Waals surface area (Å²) >= 11 is 1.76. The van der Waals surface area contributed by atoms with Gasteiger partial charge in [-0.2, -0.15) is 0 Å². The molecule has 1 N–H and O–H groups in total. The van der Waals surface area contributed by atoms with Gasteiger partial charge in [0.05, 0.1) is 5.01 Å². The van der Waals surface area contributed by atoms with Gasteiger partial charge in [0.2, 0.25) is 0 Å². The number of nitrogens with zero attached hydrogens (tertiary/aromatic N) is 1. The zero-order valence-electron chi connectivity index (χ0n) is 8.86. The molecule has 1 aromatic heterocycles. The van der Waals surface area contributed by atoms with E-state index in [1.165, 1.54) is 17.8 Å². The minimum atomic E-state index is 0.617. The third-order valence-electron chi connectivity index (χ3n) is 2.91. The molecule has 0 aliphatic heterocycles. The molecular formula is C11H18N2S. The van der Waals surface area contributed by atoms with Crippen LogP contribution >= 0.6 is 11.3 Å². The lowest BCUT2D eigenvalue weighted by Crippen LogP contribution is -2.34. The van der Waals surface area contributed by atoms with Crippen LogP contribution in [0, 0.1) is 5.92 Å². The second-order valence-electron chi connectivity index (χ2n) is 4.34. The Morgan fingerprint density at radius 2 is 2.36 bits per heavy atom. The van der Waals surface area contributed by atoms with Gasteiger partial charge in [0, 0.05) is 30.1 Å². The highest BCUT2D eigenvalue weighted by molar-refractivity contribution is 7.09. The average Bonchev–Trinajstić information content (AvgIpc) is 2.81. The van der Waals surface area contributed by atoms with Gasteiger partial charge in [-0.1, -0.05) is 6.92 Å². The first kappa shape index (κ1) is 10.1. The van der Waals surface area contributed by atoms with Crippen molar-refractivity contribution in [3.05, 3.63) is 16.6 Å². The van der Waals surface area contributed by atoms with Crippen LogP contribution in [0.15, 0.2) is 11.6 Å². The molecule has 0 saturated heterocycles. The summed E-state index contributed by atoms with van der Waals surface area (Å²) in [6, 6.07) is 1.43. The summed E-state index contributed by atoms with van der Waals surface area (Å²) in [6.45, 7) is 4.60. The summed E-state index contributed by atoms with van der Waals surface area (Å²) in [5.74, 6) is 0.682. The van der Waals surface area contributed by atoms with E-state index in [4.69, 9.17) is 0 Å². The number of rotatable bonds is 5. The Morgan fingerprint density at radius 1 is 1.57 bits per heavy atom. The predicted molar refractivity (Wildman–Crippen MR) is 60.6 cm³/mol. The molecule has 2 unspecified atom stereocenters. The standard InChI is InChI=1S/C11H18N2S/c1-8(7-11-12-5-6-14-11)9(2)13-10-3-4-10/h5-6,8-10,13H,3-4,7H2,1-2H3. The van der Waals surface area contributed by atoms with Gasteiger partial charge in [0.15, 0.2) is 0 Å². The predicted octanol–water partition coefficient (Wildman–Crippen LogP) is 2.46. The Bertz CT molecular complexity index is 267. The van der Waals surface area contributed by atoms with E-state index in [0.29, 0.717) is 12.0 Å². The molecule has 3 heteroatoms. The van der Waals surface area contributed by atoms with Crippen LogP contribution in [-0.2, 0) is 6.42 Å². The van der Waals surface area contributed by atoms with Gasteiger partial charge < -0.3 is 5.32 Å². The van der Waals surface area contributed by atoms with Crippen LogP contribution in [0.3, 0.4) is 0 Å². The molecule has 1 aromatic rings. The third-order valence-corrected chi connectivity index (χ3v) is 3.71. The Kier molecular flexibility index (Phi) is 3.19. The zero-order chi connectivity index (χ0) is 9.97. The zero-order valence-corrected chi connectivity index (χ0v) is 9.68. The van der Waals surface area contributed by atoms with Crippen molar-refractivity contribution >= 4 is 11.3 Å². The molecule has 1 heterocycles. The fraction of sp³-hybridized carbons (Fsp3) is 0.727. The quantitative estimate of drug-likeness (QED) is 0.807. The van der Waals surface area contributed by atoms with Crippen LogP contribution < -0.4 is 5.32 Å². The lowest BCUT2D eigenvalue weighted by molar-refractivity contribution is 0.395. The summed E-state index contributed by atoms with van der Waals surface area (Å²) in [4.78, 5) is 4.32. The van der Waals surface area contributed by atoms with Crippen LogP contribution in [0.1, 0.15) is 31.7 Å². The molecule has 1 saturated carbocycles. The minimum Gasteiger partial charge on any atom is -0.311 e. The van der Waals surface area contributed by atoms with Crippen molar-refractivity contribution in [3.63, 3.8) is 0 Å². The van der Waals surface area contributed by atoms with Crippen molar-refractivity contribution in [2.45, 2.75) is 45.2 Å². The average molecular weight is 210 g/mol. The van der Waals surface area contributed by atoms with E-state index in [-0.39, 0.29) is 0 Å². The van der Waals surface area contributed by atoms with Gasteiger partial charge in [-0.05, 0) is 25.7 Å². The maximum atomic E-state index is 4.32. The minimum absolute atomic E-state index is 0.617. The first-order chi connectivity index (χ1) is 6.75. The molecule has 0 spiro atoms. The fourth-order valence-electron chi connectivity index (χ4n) is 1.59. The van der Waals surface area contributed by atoms with Crippen LogP contribution in [0.4, 0.5) is 0 Å². The Morgan fingerprint density at radius 3 is 2.93 bits per heavy atom. The molecule has 2 atom stereocenters. The molecular weight excluding hydrogens is 192 g/mol. The summed E-state index contributed by atoms with van der Waals surface area (Å²) < 4.78 is 0. The van der Waals surface area contributed by atoms with E-state index in [1.807, 2.05) is 6.20 Å². The molecule has 0 aromatic carbocycles. The molecule has 1 aliphatic rings. The SMILES string of the molecule is CC(Cc1nccs1)C(C)NC1CC1. The highest BCUT2D eigenvalue weighted by Crippen LogP contribution is 2.22.